The number of hydrogen-bond donors (Lipinski definition) is 1. The summed E-state index contributed by atoms with van der Waals surface area (Å²) in [6.07, 6.45) is 0. The summed E-state index contributed by atoms with van der Waals surface area (Å²) in [4.78, 5) is 10.9. The van der Waals surface area contributed by atoms with Gasteiger partial charge in [0, 0.05) is 5.56 Å². The summed E-state index contributed by atoms with van der Waals surface area (Å²) in [5.41, 5.74) is 0.811. The second-order valence-corrected chi connectivity index (χ2v) is 2.92. The molecule has 0 bridgehead atoms. The van der Waals surface area contributed by atoms with Crippen molar-refractivity contribution in [2.24, 2.45) is 0 Å². The van der Waals surface area contributed by atoms with Gasteiger partial charge in [-0.3, -0.25) is 0 Å². The van der Waals surface area contributed by atoms with Crippen LogP contribution in [0.4, 0.5) is 0 Å². The van der Waals surface area contributed by atoms with E-state index in [1.54, 1.807) is 0 Å². The third-order valence-electron chi connectivity index (χ3n) is 1.71. The Morgan fingerprint density at radius 2 is 1.92 bits per heavy atom. The SMILES string of the molecule is O=c1o[nH]c(-c2ccccc2)c1Cl. The van der Waals surface area contributed by atoms with Gasteiger partial charge in [-0.25, -0.2) is 9.95 Å². The average molecular weight is 196 g/mol. The normalized spacial score (nSPS) is 10.2. The van der Waals surface area contributed by atoms with E-state index < -0.39 is 5.63 Å². The van der Waals surface area contributed by atoms with Gasteiger partial charge < -0.3 is 4.52 Å². The second-order valence-electron chi connectivity index (χ2n) is 2.55. The van der Waals surface area contributed by atoms with Crippen molar-refractivity contribution in [1.29, 1.82) is 0 Å². The molecule has 0 amide bonds. The average Bonchev–Trinajstić information content (AvgIpc) is 2.49. The highest BCUT2D eigenvalue weighted by atomic mass is 35.5. The monoisotopic (exact) mass is 195 g/mol. The van der Waals surface area contributed by atoms with Crippen molar-refractivity contribution in [3.63, 3.8) is 0 Å². The van der Waals surface area contributed by atoms with E-state index in [0.717, 1.165) is 5.56 Å². The number of nitrogens with one attached hydrogen (secondary N) is 1. The van der Waals surface area contributed by atoms with E-state index in [9.17, 15) is 4.79 Å². The van der Waals surface area contributed by atoms with E-state index in [1.807, 2.05) is 30.3 Å². The molecule has 1 aromatic heterocycles. The summed E-state index contributed by atoms with van der Waals surface area (Å²) in [6, 6.07) is 9.28. The standard InChI is InChI=1S/C9H6ClNO2/c10-7-8(11-13-9(7)12)6-4-2-1-3-5-6/h1-5,11H. The first-order valence-corrected chi connectivity index (χ1v) is 4.09. The first-order valence-electron chi connectivity index (χ1n) is 3.71. The maximum absolute atomic E-state index is 10.9. The van der Waals surface area contributed by atoms with Crippen molar-refractivity contribution >= 4 is 11.6 Å². The lowest BCUT2D eigenvalue weighted by Crippen LogP contribution is -1.90. The van der Waals surface area contributed by atoms with Gasteiger partial charge in [-0.1, -0.05) is 41.9 Å². The Morgan fingerprint density at radius 1 is 1.23 bits per heavy atom. The van der Waals surface area contributed by atoms with Crippen molar-refractivity contribution in [3.8, 4) is 11.3 Å². The van der Waals surface area contributed by atoms with Gasteiger partial charge in [0.05, 0.1) is 0 Å². The summed E-state index contributed by atoms with van der Waals surface area (Å²) in [7, 11) is 0. The van der Waals surface area contributed by atoms with Crippen molar-refractivity contribution in [1.82, 2.24) is 5.16 Å². The predicted octanol–water partition coefficient (Wildman–Crippen LogP) is 2.29. The fraction of sp³-hybridized carbons (Fsp3) is 0. The topological polar surface area (TPSA) is 46.0 Å². The van der Waals surface area contributed by atoms with Gasteiger partial charge in [0.2, 0.25) is 0 Å². The van der Waals surface area contributed by atoms with Gasteiger partial charge in [0.1, 0.15) is 5.69 Å². The molecule has 0 saturated carbocycles. The zero-order chi connectivity index (χ0) is 9.26. The number of halogens is 1. The summed E-state index contributed by atoms with van der Waals surface area (Å²) in [5, 5.41) is 2.56. The fourth-order valence-corrected chi connectivity index (χ4v) is 1.27. The van der Waals surface area contributed by atoms with Crippen LogP contribution in [0.5, 0.6) is 0 Å². The molecule has 3 nitrogen and oxygen atoms in total. The molecular formula is C9H6ClNO2. The molecule has 0 unspecified atom stereocenters. The molecule has 4 heteroatoms. The van der Waals surface area contributed by atoms with Crippen LogP contribution in [0.3, 0.4) is 0 Å². The van der Waals surface area contributed by atoms with Crippen molar-refractivity contribution in [2.75, 3.05) is 0 Å². The highest BCUT2D eigenvalue weighted by molar-refractivity contribution is 6.32. The molecule has 0 saturated heterocycles. The lowest BCUT2D eigenvalue weighted by atomic mass is 10.2. The van der Waals surface area contributed by atoms with Crippen LogP contribution in [0.1, 0.15) is 0 Å². The van der Waals surface area contributed by atoms with E-state index in [2.05, 4.69) is 9.68 Å². The summed E-state index contributed by atoms with van der Waals surface area (Å²) in [6.45, 7) is 0. The molecule has 13 heavy (non-hydrogen) atoms. The van der Waals surface area contributed by atoms with E-state index in [-0.39, 0.29) is 5.02 Å². The van der Waals surface area contributed by atoms with E-state index >= 15 is 0 Å². The highest BCUT2D eigenvalue weighted by Gasteiger charge is 2.09. The number of aromatic amines is 1. The minimum atomic E-state index is -0.541. The molecule has 1 heterocycles. The van der Waals surface area contributed by atoms with E-state index in [0.29, 0.717) is 5.69 Å². The lowest BCUT2D eigenvalue weighted by Gasteiger charge is -1.94. The number of H-pyrrole nitrogens is 1. The summed E-state index contributed by atoms with van der Waals surface area (Å²) >= 11 is 5.71. The van der Waals surface area contributed by atoms with Gasteiger partial charge in [-0.05, 0) is 0 Å². The van der Waals surface area contributed by atoms with E-state index in [1.165, 1.54) is 0 Å². The molecule has 1 aromatic carbocycles. The molecule has 0 aliphatic heterocycles. The third-order valence-corrected chi connectivity index (χ3v) is 2.05. The molecule has 2 aromatic rings. The van der Waals surface area contributed by atoms with Gasteiger partial charge in [0.25, 0.3) is 0 Å². The zero-order valence-corrected chi connectivity index (χ0v) is 7.34. The van der Waals surface area contributed by atoms with Crippen LogP contribution >= 0.6 is 11.6 Å². The smallest absolute Gasteiger partial charge is 0.337 e. The van der Waals surface area contributed by atoms with Gasteiger partial charge in [-0.2, -0.15) is 0 Å². The number of rotatable bonds is 1. The summed E-state index contributed by atoms with van der Waals surface area (Å²) in [5.74, 6) is 0. The largest absolute Gasteiger partial charge is 0.376 e. The lowest BCUT2D eigenvalue weighted by molar-refractivity contribution is 0.394. The first-order chi connectivity index (χ1) is 6.29. The van der Waals surface area contributed by atoms with Gasteiger partial charge >= 0.3 is 5.63 Å². The zero-order valence-electron chi connectivity index (χ0n) is 6.58. The van der Waals surface area contributed by atoms with Crippen LogP contribution in [0.15, 0.2) is 39.6 Å². The second kappa shape index (κ2) is 3.11. The number of benzene rings is 1. The molecule has 1 N–H and O–H groups in total. The van der Waals surface area contributed by atoms with Gasteiger partial charge in [0.15, 0.2) is 5.02 Å². The Labute approximate surface area is 78.9 Å². The van der Waals surface area contributed by atoms with Crippen molar-refractivity contribution in [2.45, 2.75) is 0 Å². The van der Waals surface area contributed by atoms with Crippen molar-refractivity contribution < 1.29 is 4.52 Å². The molecule has 0 aliphatic carbocycles. The number of aromatic nitrogens is 1. The molecule has 66 valence electrons. The maximum Gasteiger partial charge on any atom is 0.376 e. The Morgan fingerprint density at radius 3 is 2.46 bits per heavy atom. The fourth-order valence-electron chi connectivity index (χ4n) is 1.08. The maximum atomic E-state index is 10.9. The minimum absolute atomic E-state index is 0.0891. The molecule has 0 aliphatic rings. The van der Waals surface area contributed by atoms with Crippen LogP contribution < -0.4 is 5.63 Å². The van der Waals surface area contributed by atoms with Crippen LogP contribution in [0.2, 0.25) is 5.02 Å². The summed E-state index contributed by atoms with van der Waals surface area (Å²) < 4.78 is 4.54. The molecule has 0 fully saturated rings. The van der Waals surface area contributed by atoms with Crippen LogP contribution in [0.25, 0.3) is 11.3 Å². The third kappa shape index (κ3) is 1.38. The molecule has 2 rings (SSSR count). The van der Waals surface area contributed by atoms with E-state index in [4.69, 9.17) is 11.6 Å². The van der Waals surface area contributed by atoms with Crippen molar-refractivity contribution in [3.05, 3.63) is 45.8 Å². The molecular weight excluding hydrogens is 190 g/mol. The molecule has 0 spiro atoms. The van der Waals surface area contributed by atoms with Crippen LogP contribution in [-0.4, -0.2) is 5.16 Å². The predicted molar refractivity (Wildman–Crippen MR) is 49.8 cm³/mol. The molecule has 0 atom stereocenters. The Bertz CT molecular complexity index is 458. The molecule has 0 radical (unpaired) electrons. The Hall–Kier alpha value is -1.48. The minimum Gasteiger partial charge on any atom is -0.337 e. The van der Waals surface area contributed by atoms with Crippen LogP contribution in [0, 0.1) is 0 Å². The highest BCUT2D eigenvalue weighted by Crippen LogP contribution is 2.22. The number of hydrogen-bond acceptors (Lipinski definition) is 2. The Balaban J connectivity index is 2.60. The van der Waals surface area contributed by atoms with Gasteiger partial charge in [-0.15, -0.1) is 0 Å². The van der Waals surface area contributed by atoms with Crippen LogP contribution in [-0.2, 0) is 0 Å². The quantitative estimate of drug-likeness (QED) is 0.759. The first kappa shape index (κ1) is 8.13. The Kier molecular flexibility index (Phi) is 1.94.